The molecule has 0 saturated carbocycles. The van der Waals surface area contributed by atoms with E-state index < -0.39 is 48.0 Å². The molecule has 0 radical (unpaired) electrons. The zero-order valence-corrected chi connectivity index (χ0v) is 25.5. The number of amides is 1. The second kappa shape index (κ2) is 13.2. The van der Waals surface area contributed by atoms with Crippen molar-refractivity contribution in [2.45, 2.75) is 78.6 Å². The van der Waals surface area contributed by atoms with E-state index in [9.17, 15) is 32.3 Å². The molecule has 1 aliphatic rings. The number of carbonyl (C=O) groups excluding carboxylic acids is 1. The molecule has 0 fully saturated rings. The lowest BCUT2D eigenvalue weighted by Crippen LogP contribution is -2.48. The van der Waals surface area contributed by atoms with Crippen LogP contribution in [0.2, 0.25) is 0 Å². The molecular weight excluding hydrogens is 602 g/mol. The van der Waals surface area contributed by atoms with Crippen molar-refractivity contribution in [2.24, 2.45) is 5.41 Å². The van der Waals surface area contributed by atoms with Crippen molar-refractivity contribution in [2.75, 3.05) is 23.5 Å². The number of pyridine rings is 1. The topological polar surface area (TPSA) is 136 Å². The number of methoxy groups -OCH3 is 1. The quantitative estimate of drug-likeness (QED) is 0.266. The number of nitrogens with zero attached hydrogens (tertiary/aromatic N) is 7. The summed E-state index contributed by atoms with van der Waals surface area (Å²) < 4.78 is 65.8. The van der Waals surface area contributed by atoms with Gasteiger partial charge in [-0.05, 0) is 68.2 Å². The molecule has 16 heteroatoms. The number of rotatable bonds is 11. The molecule has 3 heterocycles. The Morgan fingerprint density at radius 3 is 2.44 bits per heavy atom. The van der Waals surface area contributed by atoms with Gasteiger partial charge < -0.3 is 19.5 Å². The predicted octanol–water partition coefficient (Wildman–Crippen LogP) is 5.57. The smallest absolute Gasteiger partial charge is 0.416 e. The lowest BCUT2D eigenvalue weighted by molar-refractivity contribution is -0.148. The molecule has 4 rings (SSSR count). The molecule has 1 aliphatic heterocycles. The van der Waals surface area contributed by atoms with Gasteiger partial charge >= 0.3 is 18.2 Å². The number of carbonyl (C=O) groups is 2. The highest BCUT2D eigenvalue weighted by Crippen LogP contribution is 2.43. The van der Waals surface area contributed by atoms with Crippen molar-refractivity contribution in [1.29, 1.82) is 0 Å². The van der Waals surface area contributed by atoms with Crippen LogP contribution in [0.5, 0.6) is 5.88 Å². The SMILES string of the molecule is CCOC(=O)N1c2ccc(OC)nc2[C@@H](N(Cc2cc(CF)cc(C(F)(F)F)c2)c2nnn(CC(C)(C)C(=O)O)n2)C[C@H]1CC. The molecule has 0 unspecified atom stereocenters. The second-order valence-electron chi connectivity index (χ2n) is 11.2. The minimum Gasteiger partial charge on any atom is -0.481 e. The van der Waals surface area contributed by atoms with Gasteiger partial charge in [0.1, 0.15) is 6.67 Å². The van der Waals surface area contributed by atoms with Gasteiger partial charge in [-0.1, -0.05) is 18.1 Å². The average Bonchev–Trinajstić information content (AvgIpc) is 3.45. The van der Waals surface area contributed by atoms with E-state index >= 15 is 0 Å². The molecule has 3 aromatic rings. The van der Waals surface area contributed by atoms with Crippen molar-refractivity contribution in [3.8, 4) is 5.88 Å². The molecule has 2 atom stereocenters. The number of alkyl halides is 4. The van der Waals surface area contributed by atoms with E-state index in [-0.39, 0.29) is 49.1 Å². The van der Waals surface area contributed by atoms with Crippen LogP contribution in [0.4, 0.5) is 34.0 Å². The van der Waals surface area contributed by atoms with Crippen molar-refractivity contribution in [3.63, 3.8) is 0 Å². The van der Waals surface area contributed by atoms with Gasteiger partial charge in [0.05, 0.1) is 48.7 Å². The number of ether oxygens (including phenoxy) is 2. The van der Waals surface area contributed by atoms with Gasteiger partial charge in [-0.3, -0.25) is 9.69 Å². The lowest BCUT2D eigenvalue weighted by atomic mass is 9.92. The number of benzene rings is 1. The van der Waals surface area contributed by atoms with Crippen LogP contribution < -0.4 is 14.5 Å². The summed E-state index contributed by atoms with van der Waals surface area (Å²) in [6.45, 7) is 5.16. The fraction of sp³-hybridized carbons (Fsp3) is 0.517. The lowest BCUT2D eigenvalue weighted by Gasteiger charge is -2.42. The summed E-state index contributed by atoms with van der Waals surface area (Å²) in [4.78, 5) is 33.7. The Bertz CT molecular complexity index is 1530. The molecule has 0 spiro atoms. The average molecular weight is 638 g/mol. The molecule has 0 saturated heterocycles. The number of tetrazole rings is 1. The summed E-state index contributed by atoms with van der Waals surface area (Å²) in [5.41, 5.74) is -1.59. The van der Waals surface area contributed by atoms with Crippen LogP contribution in [-0.2, 0) is 35.5 Å². The van der Waals surface area contributed by atoms with Gasteiger partial charge in [0.25, 0.3) is 5.95 Å². The Hall–Kier alpha value is -4.50. The zero-order valence-electron chi connectivity index (χ0n) is 25.5. The Kier molecular flexibility index (Phi) is 9.83. The molecular formula is C29H35F4N7O5. The van der Waals surface area contributed by atoms with E-state index in [1.165, 1.54) is 31.9 Å². The molecule has 1 N–H and O–H groups in total. The minimum atomic E-state index is -4.73. The first kappa shape index (κ1) is 33.4. The summed E-state index contributed by atoms with van der Waals surface area (Å²) in [6.07, 6.45) is -4.61. The highest BCUT2D eigenvalue weighted by Gasteiger charge is 2.42. The molecule has 12 nitrogen and oxygen atoms in total. The molecule has 1 aromatic carbocycles. The number of fused-ring (bicyclic) bond motifs is 1. The summed E-state index contributed by atoms with van der Waals surface area (Å²) in [6, 6.07) is 5.06. The third-order valence-electron chi connectivity index (χ3n) is 7.54. The summed E-state index contributed by atoms with van der Waals surface area (Å²) in [5.74, 6) is -0.908. The Labute approximate surface area is 256 Å². The van der Waals surface area contributed by atoms with Crippen molar-refractivity contribution in [1.82, 2.24) is 25.2 Å². The summed E-state index contributed by atoms with van der Waals surface area (Å²) in [7, 11) is 1.42. The molecule has 2 aromatic heterocycles. The largest absolute Gasteiger partial charge is 0.481 e. The zero-order chi connectivity index (χ0) is 33.1. The predicted molar refractivity (Wildman–Crippen MR) is 153 cm³/mol. The molecule has 0 bridgehead atoms. The van der Waals surface area contributed by atoms with E-state index in [0.29, 0.717) is 17.8 Å². The normalized spacial score (nSPS) is 16.7. The van der Waals surface area contributed by atoms with Crippen LogP contribution in [0.15, 0.2) is 30.3 Å². The molecule has 244 valence electrons. The van der Waals surface area contributed by atoms with Crippen LogP contribution in [0.1, 0.15) is 69.0 Å². The first-order valence-electron chi connectivity index (χ1n) is 14.3. The van der Waals surface area contributed by atoms with Gasteiger partial charge in [0.2, 0.25) is 5.88 Å². The van der Waals surface area contributed by atoms with Crippen molar-refractivity contribution < 1.29 is 41.7 Å². The number of aliphatic carboxylic acids is 1. The number of halogens is 4. The first-order valence-corrected chi connectivity index (χ1v) is 14.3. The number of hydrogen-bond donors (Lipinski definition) is 1. The van der Waals surface area contributed by atoms with Crippen LogP contribution in [0, 0.1) is 5.41 Å². The summed E-state index contributed by atoms with van der Waals surface area (Å²) in [5, 5.41) is 22.2. The first-order chi connectivity index (χ1) is 21.2. The molecule has 1 amide bonds. The van der Waals surface area contributed by atoms with Crippen molar-refractivity contribution in [3.05, 3.63) is 52.7 Å². The summed E-state index contributed by atoms with van der Waals surface area (Å²) >= 11 is 0. The van der Waals surface area contributed by atoms with Gasteiger partial charge in [-0.2, -0.15) is 18.0 Å². The Balaban J connectivity index is 1.89. The van der Waals surface area contributed by atoms with Crippen molar-refractivity contribution >= 4 is 23.7 Å². The Morgan fingerprint density at radius 2 is 1.84 bits per heavy atom. The maximum absolute atomic E-state index is 13.8. The third-order valence-corrected chi connectivity index (χ3v) is 7.54. The maximum Gasteiger partial charge on any atom is 0.416 e. The minimum absolute atomic E-state index is 0.0320. The highest BCUT2D eigenvalue weighted by molar-refractivity contribution is 5.90. The number of aromatic nitrogens is 5. The van der Waals surface area contributed by atoms with E-state index in [1.54, 1.807) is 24.0 Å². The third kappa shape index (κ3) is 7.26. The maximum atomic E-state index is 13.8. The Morgan fingerprint density at radius 1 is 1.13 bits per heavy atom. The fourth-order valence-corrected chi connectivity index (χ4v) is 5.20. The van der Waals surface area contributed by atoms with Gasteiger partial charge in [-0.25, -0.2) is 14.2 Å². The van der Waals surface area contributed by atoms with Crippen LogP contribution in [0.3, 0.4) is 0 Å². The number of hydrogen-bond acceptors (Lipinski definition) is 9. The van der Waals surface area contributed by atoms with E-state index in [0.717, 1.165) is 16.9 Å². The van der Waals surface area contributed by atoms with Crippen LogP contribution in [0.25, 0.3) is 0 Å². The monoisotopic (exact) mass is 637 g/mol. The number of carboxylic acid groups (broad SMARTS) is 1. The van der Waals surface area contributed by atoms with Gasteiger partial charge in [-0.15, -0.1) is 5.10 Å². The fourth-order valence-electron chi connectivity index (χ4n) is 5.20. The molecule has 45 heavy (non-hydrogen) atoms. The second-order valence-corrected chi connectivity index (χ2v) is 11.2. The standard InChI is InChI=1S/C29H35F4N7O5/c1-6-20-13-22(24-21(8-9-23(34-24)44-5)40(20)27(43)45-7-2)38(26-35-37-39(36-26)16-28(3,4)25(41)42)15-18-10-17(14-30)11-19(12-18)29(31,32)33/h8-12,20,22H,6-7,13-16H2,1-5H3,(H,41,42)/t20-,22+/m1/s1. The number of anilines is 2. The van der Waals surface area contributed by atoms with Crippen LogP contribution >= 0.6 is 0 Å². The molecule has 0 aliphatic carbocycles. The van der Waals surface area contributed by atoms with E-state index in [4.69, 9.17) is 9.47 Å². The van der Waals surface area contributed by atoms with E-state index in [2.05, 4.69) is 20.4 Å². The number of carboxylic acids is 1. The van der Waals surface area contributed by atoms with E-state index in [1.807, 2.05) is 6.92 Å². The van der Waals surface area contributed by atoms with Crippen LogP contribution in [-0.4, -0.2) is 62.1 Å². The van der Waals surface area contributed by atoms with Gasteiger partial charge in [0, 0.05) is 18.7 Å². The highest BCUT2D eigenvalue weighted by atomic mass is 19.4. The van der Waals surface area contributed by atoms with Gasteiger partial charge in [0.15, 0.2) is 0 Å².